The maximum atomic E-state index is 11.0. The van der Waals surface area contributed by atoms with Gasteiger partial charge < -0.3 is 0 Å². The Morgan fingerprint density at radius 1 is 1.40 bits per heavy atom. The average molecular weight is 203 g/mol. The van der Waals surface area contributed by atoms with Crippen molar-refractivity contribution in [2.45, 2.75) is 13.8 Å². The number of ketones is 1. The minimum Gasteiger partial charge on any atom is -0.294 e. The van der Waals surface area contributed by atoms with Crippen molar-refractivity contribution in [3.05, 3.63) is 29.7 Å². The molecule has 0 atom stereocenters. The molecule has 2 heterocycles. The van der Waals surface area contributed by atoms with Crippen LogP contribution in [0.15, 0.2) is 18.3 Å². The first-order valence-electron chi connectivity index (χ1n) is 4.41. The van der Waals surface area contributed by atoms with Crippen molar-refractivity contribution in [1.82, 2.24) is 25.2 Å². The van der Waals surface area contributed by atoms with Crippen molar-refractivity contribution in [3.8, 4) is 5.82 Å². The van der Waals surface area contributed by atoms with Gasteiger partial charge in [0.2, 0.25) is 0 Å². The first kappa shape index (κ1) is 9.45. The van der Waals surface area contributed by atoms with Gasteiger partial charge in [0, 0.05) is 11.8 Å². The highest BCUT2D eigenvalue weighted by atomic mass is 16.1. The Hall–Kier alpha value is -2.11. The van der Waals surface area contributed by atoms with Crippen LogP contribution in [0.3, 0.4) is 0 Å². The number of aromatic nitrogens is 5. The summed E-state index contributed by atoms with van der Waals surface area (Å²) < 4.78 is 0. The summed E-state index contributed by atoms with van der Waals surface area (Å²) in [5, 5.41) is 11.5. The summed E-state index contributed by atoms with van der Waals surface area (Å²) in [6.07, 6.45) is 1.50. The number of pyridine rings is 1. The first-order valence-corrected chi connectivity index (χ1v) is 4.41. The van der Waals surface area contributed by atoms with Crippen LogP contribution in [-0.2, 0) is 0 Å². The van der Waals surface area contributed by atoms with Gasteiger partial charge in [-0.2, -0.15) is 0 Å². The van der Waals surface area contributed by atoms with Crippen LogP contribution in [-0.4, -0.2) is 31.0 Å². The van der Waals surface area contributed by atoms with Crippen molar-refractivity contribution in [2.24, 2.45) is 0 Å². The van der Waals surface area contributed by atoms with E-state index in [-0.39, 0.29) is 5.78 Å². The quantitative estimate of drug-likeness (QED) is 0.667. The molecule has 0 saturated carbocycles. The fraction of sp³-hybridized carbons (Fsp3) is 0.222. The molecule has 0 aliphatic heterocycles. The average Bonchev–Trinajstić information content (AvgIpc) is 2.65. The number of tetrazole rings is 1. The standard InChI is InChI=1S/C9H9N5O/c1-6(15)8-3-4-9(10-5-8)14-12-7(2)11-13-14/h3-5H,1-2H3. The van der Waals surface area contributed by atoms with Crippen molar-refractivity contribution >= 4 is 5.78 Å². The lowest BCUT2D eigenvalue weighted by atomic mass is 10.2. The van der Waals surface area contributed by atoms with Crippen LogP contribution in [0.1, 0.15) is 23.1 Å². The van der Waals surface area contributed by atoms with Crippen molar-refractivity contribution < 1.29 is 4.79 Å². The van der Waals surface area contributed by atoms with Gasteiger partial charge in [-0.15, -0.1) is 15.0 Å². The lowest BCUT2D eigenvalue weighted by Gasteiger charge is -1.97. The summed E-state index contributed by atoms with van der Waals surface area (Å²) in [7, 11) is 0. The SMILES string of the molecule is CC(=O)c1ccc(-n2nnc(C)n2)nc1. The molecule has 15 heavy (non-hydrogen) atoms. The fourth-order valence-corrected chi connectivity index (χ4v) is 1.09. The number of rotatable bonds is 2. The number of carbonyl (C=O) groups excluding carboxylic acids is 1. The number of hydrogen-bond acceptors (Lipinski definition) is 5. The molecule has 0 aliphatic carbocycles. The van der Waals surface area contributed by atoms with Gasteiger partial charge in [-0.1, -0.05) is 0 Å². The second kappa shape index (κ2) is 3.56. The number of Topliss-reactive ketones (excluding diaryl/α,β-unsaturated/α-hetero) is 1. The van der Waals surface area contributed by atoms with E-state index in [0.29, 0.717) is 17.2 Å². The van der Waals surface area contributed by atoms with Gasteiger partial charge in [0.05, 0.1) is 0 Å². The van der Waals surface area contributed by atoms with Crippen LogP contribution in [0.5, 0.6) is 0 Å². The third kappa shape index (κ3) is 1.88. The molecule has 2 rings (SSSR count). The van der Waals surface area contributed by atoms with Crippen LogP contribution in [0.2, 0.25) is 0 Å². The molecule has 2 aromatic heterocycles. The molecule has 2 aromatic rings. The molecule has 0 spiro atoms. The lowest BCUT2D eigenvalue weighted by molar-refractivity contribution is 0.101. The van der Waals surface area contributed by atoms with E-state index in [2.05, 4.69) is 20.4 Å². The highest BCUT2D eigenvalue weighted by molar-refractivity contribution is 5.93. The topological polar surface area (TPSA) is 73.6 Å². The molecule has 0 saturated heterocycles. The molecule has 6 heteroatoms. The first-order chi connectivity index (χ1) is 7.16. The summed E-state index contributed by atoms with van der Waals surface area (Å²) in [5.74, 6) is 1.10. The molecule has 0 aromatic carbocycles. The predicted molar refractivity (Wildman–Crippen MR) is 51.7 cm³/mol. The number of aryl methyl sites for hydroxylation is 1. The van der Waals surface area contributed by atoms with E-state index < -0.39 is 0 Å². The summed E-state index contributed by atoms with van der Waals surface area (Å²) in [6, 6.07) is 3.36. The zero-order chi connectivity index (χ0) is 10.8. The van der Waals surface area contributed by atoms with E-state index >= 15 is 0 Å². The van der Waals surface area contributed by atoms with Gasteiger partial charge in [-0.3, -0.25) is 4.79 Å². The Balaban J connectivity index is 2.35. The van der Waals surface area contributed by atoms with E-state index in [1.165, 1.54) is 17.9 Å². The Morgan fingerprint density at radius 3 is 2.67 bits per heavy atom. The summed E-state index contributed by atoms with van der Waals surface area (Å²) in [4.78, 5) is 16.4. The molecule has 76 valence electrons. The molecule has 0 N–H and O–H groups in total. The summed E-state index contributed by atoms with van der Waals surface area (Å²) >= 11 is 0. The fourth-order valence-electron chi connectivity index (χ4n) is 1.09. The lowest BCUT2D eigenvalue weighted by Crippen LogP contribution is -2.03. The van der Waals surface area contributed by atoms with E-state index in [0.717, 1.165) is 0 Å². The molecule has 0 radical (unpaired) electrons. The van der Waals surface area contributed by atoms with Crippen LogP contribution < -0.4 is 0 Å². The molecular formula is C9H9N5O. The summed E-state index contributed by atoms with van der Waals surface area (Å²) in [6.45, 7) is 3.24. The Bertz CT molecular complexity index is 487. The van der Waals surface area contributed by atoms with Gasteiger partial charge in [0.25, 0.3) is 0 Å². The molecule has 6 nitrogen and oxygen atoms in total. The zero-order valence-corrected chi connectivity index (χ0v) is 8.38. The Labute approximate surface area is 85.9 Å². The second-order valence-corrected chi connectivity index (χ2v) is 3.09. The van der Waals surface area contributed by atoms with E-state index in [1.54, 1.807) is 19.1 Å². The van der Waals surface area contributed by atoms with Crippen LogP contribution in [0, 0.1) is 6.92 Å². The Kier molecular flexibility index (Phi) is 2.24. The van der Waals surface area contributed by atoms with Crippen molar-refractivity contribution in [2.75, 3.05) is 0 Å². The normalized spacial score (nSPS) is 10.3. The molecule has 0 aliphatic rings. The molecule has 0 fully saturated rings. The van der Waals surface area contributed by atoms with Crippen LogP contribution in [0.4, 0.5) is 0 Å². The minimum atomic E-state index is -0.0169. The number of hydrogen-bond donors (Lipinski definition) is 0. The largest absolute Gasteiger partial charge is 0.294 e. The molecule has 0 unspecified atom stereocenters. The van der Waals surface area contributed by atoms with Gasteiger partial charge >= 0.3 is 0 Å². The van der Waals surface area contributed by atoms with E-state index in [9.17, 15) is 4.79 Å². The monoisotopic (exact) mass is 203 g/mol. The van der Waals surface area contributed by atoms with E-state index in [4.69, 9.17) is 0 Å². The third-order valence-electron chi connectivity index (χ3n) is 1.87. The van der Waals surface area contributed by atoms with Gasteiger partial charge in [0.1, 0.15) is 0 Å². The molecule has 0 amide bonds. The number of nitrogens with zero attached hydrogens (tertiary/aromatic N) is 5. The van der Waals surface area contributed by atoms with Crippen molar-refractivity contribution in [1.29, 1.82) is 0 Å². The van der Waals surface area contributed by atoms with Gasteiger partial charge in [-0.25, -0.2) is 4.98 Å². The third-order valence-corrected chi connectivity index (χ3v) is 1.87. The van der Waals surface area contributed by atoms with Gasteiger partial charge in [-0.05, 0) is 31.2 Å². The van der Waals surface area contributed by atoms with Gasteiger partial charge in [0.15, 0.2) is 17.4 Å². The minimum absolute atomic E-state index is 0.0169. The zero-order valence-electron chi connectivity index (χ0n) is 8.38. The smallest absolute Gasteiger partial charge is 0.176 e. The van der Waals surface area contributed by atoms with Crippen LogP contribution in [0.25, 0.3) is 5.82 Å². The highest BCUT2D eigenvalue weighted by Crippen LogP contribution is 2.03. The van der Waals surface area contributed by atoms with E-state index in [1.807, 2.05) is 0 Å². The van der Waals surface area contributed by atoms with Crippen molar-refractivity contribution in [3.63, 3.8) is 0 Å². The maximum absolute atomic E-state index is 11.0. The predicted octanol–water partition coefficient (Wildman–Crippen LogP) is 0.568. The number of carbonyl (C=O) groups is 1. The highest BCUT2D eigenvalue weighted by Gasteiger charge is 2.04. The summed E-state index contributed by atoms with van der Waals surface area (Å²) in [5.41, 5.74) is 0.565. The Morgan fingerprint density at radius 2 is 2.20 bits per heavy atom. The maximum Gasteiger partial charge on any atom is 0.176 e. The molecule has 0 bridgehead atoms. The second-order valence-electron chi connectivity index (χ2n) is 3.09. The van der Waals surface area contributed by atoms with Crippen LogP contribution >= 0.6 is 0 Å². The molecular weight excluding hydrogens is 194 g/mol.